The van der Waals surface area contributed by atoms with E-state index in [2.05, 4.69) is 39.3 Å². The predicted molar refractivity (Wildman–Crippen MR) is 108 cm³/mol. The summed E-state index contributed by atoms with van der Waals surface area (Å²) in [6.07, 6.45) is 0. The van der Waals surface area contributed by atoms with Crippen LogP contribution in [-0.4, -0.2) is 27.7 Å². The molecule has 24 heavy (non-hydrogen) atoms. The monoisotopic (exact) mass is 354 g/mol. The van der Waals surface area contributed by atoms with E-state index in [1.54, 1.807) is 24.3 Å². The van der Waals surface area contributed by atoms with Crippen molar-refractivity contribution in [2.45, 2.75) is 39.3 Å². The third-order valence-corrected chi connectivity index (χ3v) is 8.36. The average Bonchev–Trinajstić information content (AvgIpc) is 2.52. The fraction of sp³-hybridized carbons (Fsp3) is 0.300. The number of Topliss-reactive ketones (excluding diaryl/α,β-unsaturated/α-hetero) is 2. The van der Waals surface area contributed by atoms with E-state index in [4.69, 9.17) is 0 Å². The van der Waals surface area contributed by atoms with Gasteiger partial charge in [-0.2, -0.15) is 0 Å². The molecular formula is C20H26O2Si2. The summed E-state index contributed by atoms with van der Waals surface area (Å²) < 4.78 is 0. The van der Waals surface area contributed by atoms with Crippen LogP contribution in [0.15, 0.2) is 48.5 Å². The Bertz CT molecular complexity index is 679. The Kier molecular flexibility index (Phi) is 5.11. The van der Waals surface area contributed by atoms with Gasteiger partial charge in [-0.3, -0.25) is 9.59 Å². The van der Waals surface area contributed by atoms with Gasteiger partial charge in [-0.05, 0) is 0 Å². The molecule has 0 amide bonds. The highest BCUT2D eigenvalue weighted by atomic mass is 28.3. The number of carbonyl (C=O) groups is 2. The van der Waals surface area contributed by atoms with Crippen LogP contribution >= 0.6 is 0 Å². The Balaban J connectivity index is 2.22. The van der Waals surface area contributed by atoms with E-state index in [9.17, 15) is 9.59 Å². The van der Waals surface area contributed by atoms with E-state index in [1.165, 1.54) is 10.4 Å². The van der Waals surface area contributed by atoms with Crippen molar-refractivity contribution in [3.63, 3.8) is 0 Å². The van der Waals surface area contributed by atoms with Crippen molar-refractivity contribution in [2.75, 3.05) is 0 Å². The summed E-state index contributed by atoms with van der Waals surface area (Å²) in [4.78, 5) is 24.9. The zero-order valence-electron chi connectivity index (χ0n) is 15.4. The number of carbonyl (C=O) groups excluding carboxylic acids is 2. The van der Waals surface area contributed by atoms with Crippen LogP contribution in [0.25, 0.3) is 0 Å². The summed E-state index contributed by atoms with van der Waals surface area (Å²) in [6.45, 7) is 13.6. The molecule has 0 bridgehead atoms. The van der Waals surface area contributed by atoms with Crippen LogP contribution in [0.3, 0.4) is 0 Å². The number of hydrogen-bond acceptors (Lipinski definition) is 2. The Labute approximate surface area is 146 Å². The van der Waals surface area contributed by atoms with Gasteiger partial charge in [-0.15, -0.1) is 0 Å². The molecule has 0 aliphatic rings. The van der Waals surface area contributed by atoms with E-state index >= 15 is 0 Å². The maximum absolute atomic E-state index is 12.5. The fourth-order valence-electron chi connectivity index (χ4n) is 2.51. The van der Waals surface area contributed by atoms with Crippen molar-refractivity contribution in [3.05, 3.63) is 59.7 Å². The molecule has 2 aromatic rings. The van der Waals surface area contributed by atoms with Crippen molar-refractivity contribution < 1.29 is 9.59 Å². The Morgan fingerprint density at radius 2 is 0.792 bits per heavy atom. The van der Waals surface area contributed by atoms with Crippen LogP contribution in [0.4, 0.5) is 0 Å². The van der Waals surface area contributed by atoms with Crippen LogP contribution in [0, 0.1) is 0 Å². The SMILES string of the molecule is C[Si](C)(C)c1ccc(C(=O)C(=O)c2ccc([Si](C)(C)C)cc2)cc1. The molecule has 0 atom stereocenters. The molecule has 0 aromatic heterocycles. The minimum absolute atomic E-state index is 0.433. The van der Waals surface area contributed by atoms with Gasteiger partial charge in [0.2, 0.25) is 11.6 Å². The lowest BCUT2D eigenvalue weighted by molar-refractivity contribution is 0.0817. The van der Waals surface area contributed by atoms with E-state index in [1.807, 2.05) is 24.3 Å². The van der Waals surface area contributed by atoms with Gasteiger partial charge in [0.25, 0.3) is 0 Å². The van der Waals surface area contributed by atoms with Gasteiger partial charge in [-0.1, -0.05) is 98.2 Å². The molecule has 0 saturated carbocycles. The number of hydrogen-bond donors (Lipinski definition) is 0. The molecular weight excluding hydrogens is 328 g/mol. The third-order valence-electron chi connectivity index (χ3n) is 4.23. The minimum atomic E-state index is -1.40. The molecule has 0 N–H and O–H groups in total. The number of benzene rings is 2. The molecule has 0 aliphatic heterocycles. The first-order chi connectivity index (χ1) is 11.0. The van der Waals surface area contributed by atoms with Gasteiger partial charge < -0.3 is 0 Å². The van der Waals surface area contributed by atoms with Gasteiger partial charge in [0.15, 0.2) is 0 Å². The first kappa shape index (κ1) is 18.6. The van der Waals surface area contributed by atoms with Crippen LogP contribution in [0.1, 0.15) is 20.7 Å². The first-order valence-corrected chi connectivity index (χ1v) is 15.3. The van der Waals surface area contributed by atoms with E-state index in [-0.39, 0.29) is 0 Å². The summed E-state index contributed by atoms with van der Waals surface area (Å²) in [5.74, 6) is -0.865. The number of ketones is 2. The zero-order chi connectivity index (χ0) is 18.1. The van der Waals surface area contributed by atoms with Crippen molar-refractivity contribution in [3.8, 4) is 0 Å². The second-order valence-corrected chi connectivity index (χ2v) is 18.5. The lowest BCUT2D eigenvalue weighted by Crippen LogP contribution is -2.37. The lowest BCUT2D eigenvalue weighted by atomic mass is 10.0. The first-order valence-electron chi connectivity index (χ1n) is 8.30. The smallest absolute Gasteiger partial charge is 0.233 e. The summed E-state index contributed by atoms with van der Waals surface area (Å²) in [7, 11) is -2.80. The Morgan fingerprint density at radius 1 is 0.542 bits per heavy atom. The molecule has 0 aliphatic carbocycles. The molecule has 0 heterocycles. The molecule has 2 aromatic carbocycles. The van der Waals surface area contributed by atoms with Gasteiger partial charge in [0.05, 0.1) is 16.1 Å². The van der Waals surface area contributed by atoms with Gasteiger partial charge in [-0.25, -0.2) is 0 Å². The van der Waals surface area contributed by atoms with Crippen molar-refractivity contribution in [1.29, 1.82) is 0 Å². The molecule has 0 unspecified atom stereocenters. The highest BCUT2D eigenvalue weighted by Crippen LogP contribution is 2.10. The third kappa shape index (κ3) is 4.19. The largest absolute Gasteiger partial charge is 0.285 e. The molecule has 0 radical (unpaired) electrons. The molecule has 2 rings (SSSR count). The molecule has 126 valence electrons. The van der Waals surface area contributed by atoms with Gasteiger partial charge in [0.1, 0.15) is 0 Å². The minimum Gasteiger partial charge on any atom is -0.285 e. The van der Waals surface area contributed by atoms with Gasteiger partial charge >= 0.3 is 0 Å². The molecule has 0 fully saturated rings. The topological polar surface area (TPSA) is 34.1 Å². The highest BCUT2D eigenvalue weighted by molar-refractivity contribution is 6.89. The quantitative estimate of drug-likeness (QED) is 0.464. The molecule has 2 nitrogen and oxygen atoms in total. The van der Waals surface area contributed by atoms with Crippen molar-refractivity contribution in [1.82, 2.24) is 0 Å². The maximum atomic E-state index is 12.5. The van der Waals surface area contributed by atoms with E-state index in [0.29, 0.717) is 11.1 Å². The second kappa shape index (κ2) is 6.61. The Hall–Kier alpha value is -1.79. The number of rotatable bonds is 5. The van der Waals surface area contributed by atoms with Crippen LogP contribution in [-0.2, 0) is 0 Å². The molecule has 0 saturated heterocycles. The Morgan fingerprint density at radius 3 is 1.00 bits per heavy atom. The second-order valence-electron chi connectivity index (χ2n) is 8.31. The molecule has 4 heteroatoms. The highest BCUT2D eigenvalue weighted by Gasteiger charge is 2.22. The summed E-state index contributed by atoms with van der Waals surface area (Å²) in [6, 6.07) is 15.1. The van der Waals surface area contributed by atoms with Crippen LogP contribution in [0.5, 0.6) is 0 Å². The van der Waals surface area contributed by atoms with E-state index < -0.39 is 27.7 Å². The predicted octanol–water partition coefficient (Wildman–Crippen LogP) is 3.84. The zero-order valence-corrected chi connectivity index (χ0v) is 17.4. The van der Waals surface area contributed by atoms with Crippen LogP contribution < -0.4 is 10.4 Å². The summed E-state index contributed by atoms with van der Waals surface area (Å²) in [5.41, 5.74) is 0.938. The molecule has 0 spiro atoms. The van der Waals surface area contributed by atoms with Crippen molar-refractivity contribution in [2.24, 2.45) is 0 Å². The fourth-order valence-corrected chi connectivity index (χ4v) is 4.84. The lowest BCUT2D eigenvalue weighted by Gasteiger charge is -2.17. The maximum Gasteiger partial charge on any atom is 0.233 e. The summed E-state index contributed by atoms with van der Waals surface area (Å²) >= 11 is 0. The summed E-state index contributed by atoms with van der Waals surface area (Å²) in [5, 5.41) is 2.57. The van der Waals surface area contributed by atoms with Crippen molar-refractivity contribution >= 4 is 38.1 Å². The van der Waals surface area contributed by atoms with E-state index in [0.717, 1.165) is 0 Å². The van der Waals surface area contributed by atoms with Gasteiger partial charge in [0, 0.05) is 11.1 Å². The normalized spacial score (nSPS) is 12.1. The van der Waals surface area contributed by atoms with Crippen LogP contribution in [0.2, 0.25) is 39.3 Å². The standard InChI is InChI=1S/C20H26O2Si2/c1-23(2,3)17-11-7-15(8-12-17)19(21)20(22)16-9-13-18(14-10-16)24(4,5)6/h7-14H,1-6H3. The average molecular weight is 355 g/mol.